The van der Waals surface area contributed by atoms with Crippen molar-refractivity contribution in [1.29, 1.82) is 0 Å². The molecule has 1 aliphatic heterocycles. The van der Waals surface area contributed by atoms with Crippen molar-refractivity contribution < 1.29 is 4.74 Å². The summed E-state index contributed by atoms with van der Waals surface area (Å²) in [5.41, 5.74) is 0.419. The average Bonchev–Trinajstić information content (AvgIpc) is 2.78. The SMILES string of the molecule is CC(C)CCOCCN1CC2(CCCC2)NCCC1C. The lowest BCUT2D eigenvalue weighted by Gasteiger charge is -2.35. The highest BCUT2D eigenvalue weighted by Gasteiger charge is 2.37. The van der Waals surface area contributed by atoms with Crippen molar-refractivity contribution in [2.24, 2.45) is 5.92 Å². The van der Waals surface area contributed by atoms with Gasteiger partial charge in [0.2, 0.25) is 0 Å². The van der Waals surface area contributed by atoms with Crippen LogP contribution in [0.2, 0.25) is 0 Å². The van der Waals surface area contributed by atoms with Crippen LogP contribution >= 0.6 is 0 Å². The van der Waals surface area contributed by atoms with Crippen molar-refractivity contribution in [2.75, 3.05) is 32.8 Å². The average molecular weight is 282 g/mol. The Balaban J connectivity index is 1.75. The minimum absolute atomic E-state index is 0.419. The minimum Gasteiger partial charge on any atom is -0.380 e. The molecule has 2 rings (SSSR count). The van der Waals surface area contributed by atoms with E-state index >= 15 is 0 Å². The Morgan fingerprint density at radius 3 is 2.70 bits per heavy atom. The molecule has 0 aromatic carbocycles. The van der Waals surface area contributed by atoms with Crippen LogP contribution in [-0.2, 0) is 4.74 Å². The van der Waals surface area contributed by atoms with Crippen LogP contribution in [0.4, 0.5) is 0 Å². The van der Waals surface area contributed by atoms with E-state index < -0.39 is 0 Å². The number of hydrogen-bond acceptors (Lipinski definition) is 3. The van der Waals surface area contributed by atoms with Gasteiger partial charge in [0.15, 0.2) is 0 Å². The Hall–Kier alpha value is -0.120. The third kappa shape index (κ3) is 4.71. The van der Waals surface area contributed by atoms with Gasteiger partial charge in [-0.2, -0.15) is 0 Å². The van der Waals surface area contributed by atoms with Gasteiger partial charge < -0.3 is 10.1 Å². The van der Waals surface area contributed by atoms with Gasteiger partial charge in [0.05, 0.1) is 6.61 Å². The van der Waals surface area contributed by atoms with Crippen LogP contribution in [0.3, 0.4) is 0 Å². The van der Waals surface area contributed by atoms with Crippen molar-refractivity contribution in [2.45, 2.75) is 70.9 Å². The summed E-state index contributed by atoms with van der Waals surface area (Å²) in [6.45, 7) is 12.2. The first-order valence-electron chi connectivity index (χ1n) is 8.68. The third-order valence-corrected chi connectivity index (χ3v) is 5.11. The minimum atomic E-state index is 0.419. The first kappa shape index (κ1) is 16.3. The monoisotopic (exact) mass is 282 g/mol. The molecule has 3 nitrogen and oxygen atoms in total. The fraction of sp³-hybridized carbons (Fsp3) is 1.00. The molecule has 2 aliphatic rings. The summed E-state index contributed by atoms with van der Waals surface area (Å²) in [5.74, 6) is 0.748. The highest BCUT2D eigenvalue weighted by molar-refractivity contribution is 4.98. The summed E-state index contributed by atoms with van der Waals surface area (Å²) in [7, 11) is 0. The first-order chi connectivity index (χ1) is 9.61. The van der Waals surface area contributed by atoms with E-state index in [0.29, 0.717) is 11.6 Å². The Morgan fingerprint density at radius 2 is 2.00 bits per heavy atom. The van der Waals surface area contributed by atoms with Gasteiger partial charge in [-0.15, -0.1) is 0 Å². The van der Waals surface area contributed by atoms with Gasteiger partial charge in [-0.05, 0) is 45.1 Å². The Kier molecular flexibility index (Phi) is 6.31. The number of rotatable bonds is 6. The fourth-order valence-electron chi connectivity index (χ4n) is 3.62. The summed E-state index contributed by atoms with van der Waals surface area (Å²) in [4.78, 5) is 2.67. The predicted molar refractivity (Wildman–Crippen MR) is 85.1 cm³/mol. The lowest BCUT2D eigenvalue weighted by molar-refractivity contribution is 0.0753. The van der Waals surface area contributed by atoms with Crippen LogP contribution in [0.25, 0.3) is 0 Å². The normalized spacial score (nSPS) is 27.3. The molecule has 3 heteroatoms. The quantitative estimate of drug-likeness (QED) is 0.758. The molecule has 1 aliphatic carbocycles. The highest BCUT2D eigenvalue weighted by atomic mass is 16.5. The van der Waals surface area contributed by atoms with E-state index in [1.165, 1.54) is 51.6 Å². The summed E-state index contributed by atoms with van der Waals surface area (Å²) >= 11 is 0. The topological polar surface area (TPSA) is 24.5 Å². The maximum absolute atomic E-state index is 5.83. The number of nitrogens with zero attached hydrogens (tertiary/aromatic N) is 1. The lowest BCUT2D eigenvalue weighted by Crippen LogP contribution is -2.50. The van der Waals surface area contributed by atoms with Gasteiger partial charge in [-0.3, -0.25) is 4.90 Å². The van der Waals surface area contributed by atoms with Gasteiger partial charge >= 0.3 is 0 Å². The third-order valence-electron chi connectivity index (χ3n) is 5.11. The molecule has 118 valence electrons. The molecule has 1 saturated carbocycles. The van der Waals surface area contributed by atoms with E-state index in [0.717, 1.165) is 25.7 Å². The maximum atomic E-state index is 5.83. The number of ether oxygens (including phenoxy) is 1. The molecule has 1 atom stereocenters. The van der Waals surface area contributed by atoms with E-state index in [4.69, 9.17) is 4.74 Å². The molecule has 0 radical (unpaired) electrons. The highest BCUT2D eigenvalue weighted by Crippen LogP contribution is 2.32. The molecule has 1 N–H and O–H groups in total. The van der Waals surface area contributed by atoms with E-state index in [1.54, 1.807) is 0 Å². The smallest absolute Gasteiger partial charge is 0.0593 e. The molecule has 1 unspecified atom stereocenters. The van der Waals surface area contributed by atoms with Crippen LogP contribution in [0, 0.1) is 5.92 Å². The van der Waals surface area contributed by atoms with Crippen LogP contribution in [0.5, 0.6) is 0 Å². The first-order valence-corrected chi connectivity index (χ1v) is 8.68. The molecule has 0 bridgehead atoms. The van der Waals surface area contributed by atoms with Crippen LogP contribution in [0.1, 0.15) is 59.3 Å². The zero-order valence-corrected chi connectivity index (χ0v) is 13.8. The summed E-state index contributed by atoms with van der Waals surface area (Å²) in [6.07, 6.45) is 7.99. The summed E-state index contributed by atoms with van der Waals surface area (Å²) in [6, 6.07) is 0.691. The molecule has 0 aromatic heterocycles. The molecule has 2 fully saturated rings. The standard InChI is InChI=1S/C17H34N2O/c1-15(2)7-12-20-13-11-19-14-17(8-4-5-9-17)18-10-6-16(19)3/h15-16,18H,4-14H2,1-3H3. The second-order valence-electron chi connectivity index (χ2n) is 7.32. The van der Waals surface area contributed by atoms with Crippen LogP contribution < -0.4 is 5.32 Å². The van der Waals surface area contributed by atoms with Gasteiger partial charge in [-0.1, -0.05) is 26.7 Å². The van der Waals surface area contributed by atoms with Crippen molar-refractivity contribution in [3.8, 4) is 0 Å². The van der Waals surface area contributed by atoms with Crippen molar-refractivity contribution in [1.82, 2.24) is 10.2 Å². The van der Waals surface area contributed by atoms with Crippen LogP contribution in [0.15, 0.2) is 0 Å². The Labute approximate surface area is 125 Å². The lowest BCUT2D eigenvalue weighted by atomic mass is 9.97. The molecule has 20 heavy (non-hydrogen) atoms. The van der Waals surface area contributed by atoms with Crippen molar-refractivity contribution in [3.63, 3.8) is 0 Å². The largest absolute Gasteiger partial charge is 0.380 e. The molecule has 1 saturated heterocycles. The van der Waals surface area contributed by atoms with E-state index in [1.807, 2.05) is 0 Å². The van der Waals surface area contributed by atoms with Crippen molar-refractivity contribution >= 4 is 0 Å². The van der Waals surface area contributed by atoms with Gasteiger partial charge in [0.1, 0.15) is 0 Å². The number of hydrogen-bond donors (Lipinski definition) is 1. The zero-order chi connectivity index (χ0) is 14.4. The van der Waals surface area contributed by atoms with Crippen molar-refractivity contribution in [3.05, 3.63) is 0 Å². The second-order valence-corrected chi connectivity index (χ2v) is 7.32. The Morgan fingerprint density at radius 1 is 1.25 bits per heavy atom. The van der Waals surface area contributed by atoms with Crippen LogP contribution in [-0.4, -0.2) is 49.3 Å². The molecule has 1 heterocycles. The summed E-state index contributed by atoms with van der Waals surface area (Å²) in [5, 5.41) is 3.85. The molecule has 0 aromatic rings. The maximum Gasteiger partial charge on any atom is 0.0593 e. The number of nitrogens with one attached hydrogen (secondary N) is 1. The van der Waals surface area contributed by atoms with E-state index in [2.05, 4.69) is 31.0 Å². The van der Waals surface area contributed by atoms with Gasteiger partial charge in [0, 0.05) is 31.3 Å². The predicted octanol–water partition coefficient (Wildman–Crippen LogP) is 3.05. The van der Waals surface area contributed by atoms with Gasteiger partial charge in [0.25, 0.3) is 0 Å². The van der Waals surface area contributed by atoms with E-state index in [-0.39, 0.29) is 0 Å². The van der Waals surface area contributed by atoms with Gasteiger partial charge in [-0.25, -0.2) is 0 Å². The fourth-order valence-corrected chi connectivity index (χ4v) is 3.62. The Bertz CT molecular complexity index is 274. The van der Waals surface area contributed by atoms with E-state index in [9.17, 15) is 0 Å². The zero-order valence-electron chi connectivity index (χ0n) is 13.8. The molecule has 1 spiro atoms. The second kappa shape index (κ2) is 7.77. The molecular weight excluding hydrogens is 248 g/mol. The molecular formula is C17H34N2O. The molecule has 0 amide bonds. The summed E-state index contributed by atoms with van der Waals surface area (Å²) < 4.78 is 5.83.